The molecule has 2 amide bonds. The summed E-state index contributed by atoms with van der Waals surface area (Å²) in [6.45, 7) is 5.02. The van der Waals surface area contributed by atoms with Crippen LogP contribution >= 0.6 is 12.2 Å². The Bertz CT molecular complexity index is 1000. The molecule has 1 fully saturated rings. The Kier molecular flexibility index (Phi) is 7.39. The number of ether oxygens (including phenoxy) is 2. The lowest BCUT2D eigenvalue weighted by molar-refractivity contribution is -0.129. The fourth-order valence-electron chi connectivity index (χ4n) is 4.03. The summed E-state index contributed by atoms with van der Waals surface area (Å²) < 4.78 is 10.7. The molecule has 0 bridgehead atoms. The monoisotopic (exact) mass is 468 g/mol. The number of rotatable bonds is 10. The molecule has 0 aromatic heterocycles. The summed E-state index contributed by atoms with van der Waals surface area (Å²) in [5.74, 6) is 0.437. The minimum atomic E-state index is -0.530. The molecule has 0 spiro atoms. The summed E-state index contributed by atoms with van der Waals surface area (Å²) in [6.07, 6.45) is 5.13. The third-order valence-corrected chi connectivity index (χ3v) is 6.10. The molecule has 1 N–H and O–H groups in total. The first-order valence-electron chi connectivity index (χ1n) is 11.3. The van der Waals surface area contributed by atoms with E-state index in [1.54, 1.807) is 12.2 Å². The predicted octanol–water partition coefficient (Wildman–Crippen LogP) is 2.77. The second-order valence-electron chi connectivity index (χ2n) is 7.96. The highest BCUT2D eigenvalue weighted by Crippen LogP contribution is 2.31. The Hall–Kier alpha value is -3.20. The van der Waals surface area contributed by atoms with Gasteiger partial charge in [-0.3, -0.25) is 14.5 Å². The van der Waals surface area contributed by atoms with Crippen LogP contribution in [0.2, 0.25) is 0 Å². The number of aliphatic imine (C=N–C) groups is 1. The van der Waals surface area contributed by atoms with Crippen LogP contribution in [0, 0.1) is 5.92 Å². The Morgan fingerprint density at radius 3 is 2.82 bits per heavy atom. The minimum Gasteiger partial charge on any atom is -0.454 e. The SMILES string of the molecule is CCN(CCCNC(=O)CCCN1C(=O)C2C=C3OCOC3=CC2=NC1=S)c1ccccc1. The van der Waals surface area contributed by atoms with E-state index in [9.17, 15) is 9.59 Å². The fraction of sp³-hybridized carbons (Fsp3) is 0.417. The van der Waals surface area contributed by atoms with Crippen molar-refractivity contribution in [2.75, 3.05) is 37.9 Å². The number of carbonyl (C=O) groups is 2. The molecule has 1 aromatic carbocycles. The average molecular weight is 469 g/mol. The first-order valence-corrected chi connectivity index (χ1v) is 11.7. The number of amides is 2. The van der Waals surface area contributed by atoms with Crippen LogP contribution in [0.5, 0.6) is 0 Å². The van der Waals surface area contributed by atoms with Crippen molar-refractivity contribution in [3.05, 3.63) is 54.0 Å². The van der Waals surface area contributed by atoms with Crippen molar-refractivity contribution >= 4 is 40.5 Å². The van der Waals surface area contributed by atoms with Gasteiger partial charge in [0.05, 0.1) is 5.71 Å². The zero-order valence-electron chi connectivity index (χ0n) is 18.7. The van der Waals surface area contributed by atoms with Gasteiger partial charge < -0.3 is 19.7 Å². The largest absolute Gasteiger partial charge is 0.454 e. The number of hydrogen-bond acceptors (Lipinski definition) is 6. The van der Waals surface area contributed by atoms with E-state index < -0.39 is 5.92 Å². The van der Waals surface area contributed by atoms with Crippen LogP contribution in [-0.4, -0.2) is 60.5 Å². The molecule has 1 aromatic rings. The highest BCUT2D eigenvalue weighted by molar-refractivity contribution is 7.80. The van der Waals surface area contributed by atoms with Crippen molar-refractivity contribution in [2.45, 2.75) is 26.2 Å². The second kappa shape index (κ2) is 10.6. The van der Waals surface area contributed by atoms with Gasteiger partial charge >= 0.3 is 0 Å². The molecule has 174 valence electrons. The van der Waals surface area contributed by atoms with Crippen molar-refractivity contribution in [1.82, 2.24) is 10.2 Å². The van der Waals surface area contributed by atoms with E-state index in [0.29, 0.717) is 43.2 Å². The maximum Gasteiger partial charge on any atom is 0.241 e. The number of nitrogens with one attached hydrogen (secondary N) is 1. The Labute approximate surface area is 198 Å². The van der Waals surface area contributed by atoms with E-state index in [2.05, 4.69) is 34.3 Å². The van der Waals surface area contributed by atoms with Gasteiger partial charge in [0.1, 0.15) is 5.92 Å². The van der Waals surface area contributed by atoms with Crippen LogP contribution in [0.15, 0.2) is 59.0 Å². The Morgan fingerprint density at radius 2 is 2.03 bits per heavy atom. The van der Waals surface area contributed by atoms with Gasteiger partial charge in [-0.25, -0.2) is 4.99 Å². The van der Waals surface area contributed by atoms with Crippen LogP contribution in [0.4, 0.5) is 5.69 Å². The maximum absolute atomic E-state index is 12.9. The molecular weight excluding hydrogens is 440 g/mol. The molecule has 9 heteroatoms. The van der Waals surface area contributed by atoms with E-state index in [-0.39, 0.29) is 23.7 Å². The van der Waals surface area contributed by atoms with Gasteiger partial charge in [0.25, 0.3) is 0 Å². The van der Waals surface area contributed by atoms with Crippen molar-refractivity contribution < 1.29 is 19.1 Å². The summed E-state index contributed by atoms with van der Waals surface area (Å²) in [5.41, 5.74) is 1.76. The van der Waals surface area contributed by atoms with E-state index >= 15 is 0 Å². The molecule has 0 saturated carbocycles. The molecule has 1 unspecified atom stereocenters. The van der Waals surface area contributed by atoms with Gasteiger partial charge in [-0.05, 0) is 50.2 Å². The van der Waals surface area contributed by atoms with Gasteiger partial charge in [-0.2, -0.15) is 0 Å². The van der Waals surface area contributed by atoms with Gasteiger partial charge in [-0.15, -0.1) is 0 Å². The highest BCUT2D eigenvalue weighted by Gasteiger charge is 2.38. The third-order valence-electron chi connectivity index (χ3n) is 5.79. The third kappa shape index (κ3) is 5.42. The summed E-state index contributed by atoms with van der Waals surface area (Å²) in [7, 11) is 0. The molecule has 2 heterocycles. The summed E-state index contributed by atoms with van der Waals surface area (Å²) in [6, 6.07) is 10.2. The maximum atomic E-state index is 12.9. The lowest BCUT2D eigenvalue weighted by Gasteiger charge is -2.30. The van der Waals surface area contributed by atoms with Crippen molar-refractivity contribution in [3.63, 3.8) is 0 Å². The van der Waals surface area contributed by atoms with Crippen molar-refractivity contribution in [3.8, 4) is 0 Å². The van der Waals surface area contributed by atoms with Crippen LogP contribution in [0.25, 0.3) is 0 Å². The zero-order valence-corrected chi connectivity index (χ0v) is 19.5. The zero-order chi connectivity index (χ0) is 23.2. The number of hydrogen-bond donors (Lipinski definition) is 1. The van der Waals surface area contributed by atoms with Gasteiger partial charge in [0, 0.05) is 44.4 Å². The summed E-state index contributed by atoms with van der Waals surface area (Å²) in [4.78, 5) is 33.3. The Balaban J connectivity index is 1.19. The van der Waals surface area contributed by atoms with Gasteiger partial charge in [0.2, 0.25) is 23.7 Å². The first-order chi connectivity index (χ1) is 16.1. The lowest BCUT2D eigenvalue weighted by Crippen LogP contribution is -2.46. The van der Waals surface area contributed by atoms with Gasteiger partial charge in [-0.1, -0.05) is 18.2 Å². The lowest BCUT2D eigenvalue weighted by atomic mass is 9.94. The number of nitrogens with zero attached hydrogens (tertiary/aromatic N) is 3. The molecule has 3 aliphatic rings. The quantitative estimate of drug-likeness (QED) is 0.420. The number of para-hydroxylation sites is 1. The molecule has 1 atom stereocenters. The molecule has 33 heavy (non-hydrogen) atoms. The topological polar surface area (TPSA) is 83.5 Å². The number of anilines is 1. The number of benzene rings is 1. The van der Waals surface area contributed by atoms with Crippen LogP contribution in [0.1, 0.15) is 26.2 Å². The van der Waals surface area contributed by atoms with Crippen LogP contribution in [-0.2, 0) is 19.1 Å². The number of carbonyl (C=O) groups excluding carboxylic acids is 2. The van der Waals surface area contributed by atoms with Crippen LogP contribution in [0.3, 0.4) is 0 Å². The predicted molar refractivity (Wildman–Crippen MR) is 130 cm³/mol. The smallest absolute Gasteiger partial charge is 0.241 e. The molecule has 4 rings (SSSR count). The Morgan fingerprint density at radius 1 is 1.24 bits per heavy atom. The van der Waals surface area contributed by atoms with Crippen molar-refractivity contribution in [2.24, 2.45) is 10.9 Å². The summed E-state index contributed by atoms with van der Waals surface area (Å²) >= 11 is 5.32. The fourth-order valence-corrected chi connectivity index (χ4v) is 4.32. The molecule has 8 nitrogen and oxygen atoms in total. The average Bonchev–Trinajstić information content (AvgIpc) is 3.28. The van der Waals surface area contributed by atoms with Crippen molar-refractivity contribution in [1.29, 1.82) is 0 Å². The van der Waals surface area contributed by atoms with E-state index in [1.165, 1.54) is 10.6 Å². The van der Waals surface area contributed by atoms with E-state index in [1.807, 2.05) is 18.2 Å². The van der Waals surface area contributed by atoms with E-state index in [0.717, 1.165) is 19.5 Å². The summed E-state index contributed by atoms with van der Waals surface area (Å²) in [5, 5.41) is 3.19. The molecule has 1 saturated heterocycles. The normalized spacial score (nSPS) is 18.9. The number of fused-ring (bicyclic) bond motifs is 2. The molecular formula is C24H28N4O4S. The van der Waals surface area contributed by atoms with Gasteiger partial charge in [0.15, 0.2) is 11.5 Å². The standard InChI is InChI=1S/C24H28N4O4S/c1-2-27(17-8-4-3-5-9-17)12-7-11-25-22(29)10-6-13-28-23(30)18-14-20-21(32-16-31-20)15-19(18)26-24(28)33/h3-5,8-9,14-15,18H,2,6-7,10-13,16H2,1H3,(H,25,29). The molecule has 1 aliphatic carbocycles. The second-order valence-corrected chi connectivity index (χ2v) is 8.32. The van der Waals surface area contributed by atoms with E-state index in [4.69, 9.17) is 21.7 Å². The minimum absolute atomic E-state index is 0.0267. The first kappa shape index (κ1) is 23.0. The highest BCUT2D eigenvalue weighted by atomic mass is 32.1. The number of thiocarbonyl (C=S) groups is 1. The number of allylic oxidation sites excluding steroid dienone is 1. The molecule has 2 aliphatic heterocycles. The van der Waals surface area contributed by atoms with Crippen LogP contribution < -0.4 is 10.2 Å². The molecule has 0 radical (unpaired) electrons.